The van der Waals surface area contributed by atoms with Crippen LogP contribution in [-0.4, -0.2) is 20.7 Å². The first-order valence-corrected chi connectivity index (χ1v) is 8.39. The number of halogens is 1. The summed E-state index contributed by atoms with van der Waals surface area (Å²) in [7, 11) is 0. The van der Waals surface area contributed by atoms with Crippen molar-refractivity contribution in [3.8, 4) is 5.75 Å². The Labute approximate surface area is 154 Å². The highest BCUT2D eigenvalue weighted by Crippen LogP contribution is 2.26. The average Bonchev–Trinajstić information content (AvgIpc) is 3.13. The Morgan fingerprint density at radius 1 is 1.04 bits per heavy atom. The summed E-state index contributed by atoms with van der Waals surface area (Å²) in [6.45, 7) is 0.476. The lowest BCUT2D eigenvalue weighted by molar-refractivity contribution is 0.104. The fourth-order valence-corrected chi connectivity index (χ4v) is 2.94. The van der Waals surface area contributed by atoms with Gasteiger partial charge in [0.05, 0.1) is 10.9 Å². The zero-order valence-corrected chi connectivity index (χ0v) is 14.4. The molecule has 0 radical (unpaired) electrons. The molecule has 4 rings (SSSR count). The number of rotatable bonds is 5. The molecule has 2 aromatic heterocycles. The minimum atomic E-state index is -0.150. The topological polar surface area (TPSA) is 67.9 Å². The van der Waals surface area contributed by atoms with E-state index < -0.39 is 0 Å². The number of fused-ring (bicyclic) bond motifs is 1. The maximum absolute atomic E-state index is 12.8. The lowest BCUT2D eigenvalue weighted by Gasteiger charge is -2.07. The van der Waals surface area contributed by atoms with Gasteiger partial charge in [0.15, 0.2) is 5.78 Å². The van der Waals surface area contributed by atoms with Crippen molar-refractivity contribution in [3.05, 3.63) is 89.0 Å². The molecule has 5 nitrogen and oxygen atoms in total. The summed E-state index contributed by atoms with van der Waals surface area (Å²) in [6.07, 6.45) is 2.96. The third-order valence-electron chi connectivity index (χ3n) is 4.03. The molecule has 128 valence electrons. The second-order valence-electron chi connectivity index (χ2n) is 5.72. The number of H-pyrrole nitrogens is 1. The van der Waals surface area contributed by atoms with Crippen LogP contribution in [0.3, 0.4) is 0 Å². The van der Waals surface area contributed by atoms with E-state index in [4.69, 9.17) is 16.3 Å². The second kappa shape index (κ2) is 6.98. The van der Waals surface area contributed by atoms with Gasteiger partial charge in [-0.1, -0.05) is 41.9 Å². The Kier molecular flexibility index (Phi) is 4.37. The molecule has 0 bridgehead atoms. The number of nitrogens with zero attached hydrogens (tertiary/aromatic N) is 2. The summed E-state index contributed by atoms with van der Waals surface area (Å²) < 4.78 is 5.75. The van der Waals surface area contributed by atoms with E-state index in [-0.39, 0.29) is 10.9 Å². The highest BCUT2D eigenvalue weighted by Gasteiger charge is 2.17. The predicted molar refractivity (Wildman–Crippen MR) is 99.5 cm³/mol. The van der Waals surface area contributed by atoms with Crippen LogP contribution in [0.2, 0.25) is 5.15 Å². The Balaban J connectivity index is 1.53. The number of aromatic nitrogens is 3. The van der Waals surface area contributed by atoms with Crippen LogP contribution in [0.4, 0.5) is 0 Å². The van der Waals surface area contributed by atoms with Gasteiger partial charge in [-0.15, -0.1) is 0 Å². The largest absolute Gasteiger partial charge is 0.489 e. The van der Waals surface area contributed by atoms with Gasteiger partial charge in [0, 0.05) is 11.8 Å². The predicted octanol–water partition coefficient (Wildman–Crippen LogP) is 4.42. The van der Waals surface area contributed by atoms with Crippen LogP contribution in [0.5, 0.6) is 5.75 Å². The van der Waals surface area contributed by atoms with Crippen molar-refractivity contribution < 1.29 is 9.53 Å². The van der Waals surface area contributed by atoms with Crippen molar-refractivity contribution in [1.82, 2.24) is 15.0 Å². The summed E-state index contributed by atoms with van der Waals surface area (Å²) in [5.74, 6) is 0.549. The van der Waals surface area contributed by atoms with Crippen LogP contribution in [0, 0.1) is 0 Å². The van der Waals surface area contributed by atoms with Gasteiger partial charge >= 0.3 is 0 Å². The third-order valence-corrected chi connectivity index (χ3v) is 4.32. The van der Waals surface area contributed by atoms with E-state index >= 15 is 0 Å². The fraction of sp³-hybridized carbons (Fsp3) is 0.0500. The summed E-state index contributed by atoms with van der Waals surface area (Å²) in [6, 6.07) is 16.9. The molecule has 2 heterocycles. The molecule has 0 atom stereocenters. The lowest BCUT2D eigenvalue weighted by Crippen LogP contribution is -2.01. The highest BCUT2D eigenvalue weighted by molar-refractivity contribution is 6.36. The first kappa shape index (κ1) is 16.3. The Bertz CT molecular complexity index is 1060. The number of hydrogen-bond acceptors (Lipinski definition) is 4. The van der Waals surface area contributed by atoms with Gasteiger partial charge in [0.1, 0.15) is 29.5 Å². The average molecular weight is 364 g/mol. The van der Waals surface area contributed by atoms with Gasteiger partial charge in [0.2, 0.25) is 0 Å². The van der Waals surface area contributed by atoms with Crippen molar-refractivity contribution >= 4 is 28.4 Å². The zero-order chi connectivity index (χ0) is 17.9. The standard InChI is InChI=1S/C20H14ClN3O2/c21-19-17-16(10-22-20(17)24-12-23-19)18(25)14-6-8-15(9-7-14)26-11-13-4-2-1-3-5-13/h1-10,12H,11H2,(H,22,23,24). The quantitative estimate of drug-likeness (QED) is 0.421. The molecule has 4 aromatic rings. The molecule has 0 unspecified atom stereocenters. The molecular weight excluding hydrogens is 350 g/mol. The van der Waals surface area contributed by atoms with Gasteiger partial charge in [0.25, 0.3) is 0 Å². The van der Waals surface area contributed by atoms with Crippen LogP contribution < -0.4 is 4.74 Å². The van der Waals surface area contributed by atoms with Crippen molar-refractivity contribution in [2.24, 2.45) is 0 Å². The van der Waals surface area contributed by atoms with Gasteiger partial charge in [-0.05, 0) is 29.8 Å². The van der Waals surface area contributed by atoms with Gasteiger partial charge in [-0.25, -0.2) is 9.97 Å². The molecule has 26 heavy (non-hydrogen) atoms. The number of ketones is 1. The van der Waals surface area contributed by atoms with E-state index in [1.807, 2.05) is 30.3 Å². The summed E-state index contributed by atoms with van der Waals surface area (Å²) in [5.41, 5.74) is 2.61. The SMILES string of the molecule is O=C(c1ccc(OCc2ccccc2)cc1)c1c[nH]c2ncnc(Cl)c12. The molecule has 0 spiro atoms. The highest BCUT2D eigenvalue weighted by atomic mass is 35.5. The first-order valence-electron chi connectivity index (χ1n) is 8.01. The minimum absolute atomic E-state index is 0.150. The van der Waals surface area contributed by atoms with Crippen molar-refractivity contribution in [2.45, 2.75) is 6.61 Å². The maximum atomic E-state index is 12.8. The van der Waals surface area contributed by atoms with Crippen LogP contribution in [0.1, 0.15) is 21.5 Å². The van der Waals surface area contributed by atoms with Crippen molar-refractivity contribution in [2.75, 3.05) is 0 Å². The molecule has 0 saturated carbocycles. The van der Waals surface area contributed by atoms with E-state index in [0.29, 0.717) is 34.5 Å². The Morgan fingerprint density at radius 2 is 1.81 bits per heavy atom. The minimum Gasteiger partial charge on any atom is -0.489 e. The molecule has 6 heteroatoms. The number of carbonyl (C=O) groups is 1. The molecular formula is C20H14ClN3O2. The Hall–Kier alpha value is -3.18. The Morgan fingerprint density at radius 3 is 2.58 bits per heavy atom. The van der Waals surface area contributed by atoms with Crippen molar-refractivity contribution in [3.63, 3.8) is 0 Å². The molecule has 0 fully saturated rings. The number of aromatic amines is 1. The maximum Gasteiger partial charge on any atom is 0.195 e. The van der Waals surface area contributed by atoms with Crippen LogP contribution in [-0.2, 0) is 6.61 Å². The number of benzene rings is 2. The van der Waals surface area contributed by atoms with E-state index in [9.17, 15) is 4.79 Å². The summed E-state index contributed by atoms with van der Waals surface area (Å²) in [4.78, 5) is 23.8. The fourth-order valence-electron chi connectivity index (χ4n) is 2.70. The molecule has 0 aliphatic heterocycles. The second-order valence-corrected chi connectivity index (χ2v) is 6.08. The van der Waals surface area contributed by atoms with Crippen molar-refractivity contribution in [1.29, 1.82) is 0 Å². The molecule has 0 aliphatic carbocycles. The lowest BCUT2D eigenvalue weighted by atomic mass is 10.0. The van der Waals surface area contributed by atoms with Crippen LogP contribution in [0.25, 0.3) is 11.0 Å². The summed E-state index contributed by atoms with van der Waals surface area (Å²) >= 11 is 6.12. The molecule has 0 aliphatic rings. The van der Waals surface area contributed by atoms with Crippen LogP contribution >= 0.6 is 11.6 Å². The zero-order valence-electron chi connectivity index (χ0n) is 13.6. The van der Waals surface area contributed by atoms with Crippen LogP contribution in [0.15, 0.2) is 67.1 Å². The van der Waals surface area contributed by atoms with Gasteiger partial charge < -0.3 is 9.72 Å². The van der Waals surface area contributed by atoms with Gasteiger partial charge in [-0.2, -0.15) is 0 Å². The van der Waals surface area contributed by atoms with E-state index in [1.54, 1.807) is 30.5 Å². The normalized spacial score (nSPS) is 10.8. The molecule has 1 N–H and O–H groups in total. The monoisotopic (exact) mass is 363 g/mol. The first-order chi connectivity index (χ1) is 12.7. The van der Waals surface area contributed by atoms with E-state index in [1.165, 1.54) is 6.33 Å². The molecule has 2 aromatic carbocycles. The number of nitrogens with one attached hydrogen (secondary N) is 1. The molecule has 0 saturated heterocycles. The van der Waals surface area contributed by atoms with E-state index in [2.05, 4.69) is 15.0 Å². The molecule has 0 amide bonds. The summed E-state index contributed by atoms with van der Waals surface area (Å²) in [5, 5.41) is 0.783. The smallest absolute Gasteiger partial charge is 0.195 e. The van der Waals surface area contributed by atoms with Gasteiger partial charge in [-0.3, -0.25) is 4.79 Å². The third kappa shape index (κ3) is 3.17. The van der Waals surface area contributed by atoms with E-state index in [0.717, 1.165) is 5.56 Å². The number of ether oxygens (including phenoxy) is 1. The number of hydrogen-bond donors (Lipinski definition) is 1. The number of carbonyl (C=O) groups excluding carboxylic acids is 1.